The first-order chi connectivity index (χ1) is 10.1. The molecule has 0 aliphatic carbocycles. The summed E-state index contributed by atoms with van der Waals surface area (Å²) in [5, 5.41) is 4.04. The number of benzene rings is 1. The molecule has 1 aliphatic heterocycles. The highest BCUT2D eigenvalue weighted by atomic mass is 35.5. The molecule has 1 fully saturated rings. The van der Waals surface area contributed by atoms with E-state index in [0.717, 1.165) is 38.2 Å². The standard InChI is InChI=1S/C16H23ClN2O2/c1-3-19-10-8-16(9-11-19,15(20)21-4-2)18-14-7-5-6-13(17)12-14/h5-7,12,18H,3-4,8-11H2,1-2H3. The number of piperidine rings is 1. The summed E-state index contributed by atoms with van der Waals surface area (Å²) in [7, 11) is 0. The van der Waals surface area contributed by atoms with Gasteiger partial charge < -0.3 is 15.0 Å². The van der Waals surface area contributed by atoms with Crippen LogP contribution in [0.15, 0.2) is 24.3 Å². The number of anilines is 1. The molecule has 1 aliphatic rings. The molecule has 2 rings (SSSR count). The van der Waals surface area contributed by atoms with Gasteiger partial charge in [-0.2, -0.15) is 0 Å². The van der Waals surface area contributed by atoms with E-state index in [1.807, 2.05) is 31.2 Å². The molecule has 0 spiro atoms. The number of rotatable bonds is 5. The van der Waals surface area contributed by atoms with Crippen molar-refractivity contribution in [1.82, 2.24) is 4.90 Å². The van der Waals surface area contributed by atoms with Crippen molar-refractivity contribution < 1.29 is 9.53 Å². The van der Waals surface area contributed by atoms with E-state index in [1.165, 1.54) is 0 Å². The van der Waals surface area contributed by atoms with Gasteiger partial charge in [0, 0.05) is 23.8 Å². The van der Waals surface area contributed by atoms with E-state index < -0.39 is 5.54 Å². The summed E-state index contributed by atoms with van der Waals surface area (Å²) in [5.41, 5.74) is 0.215. The molecular weight excluding hydrogens is 288 g/mol. The monoisotopic (exact) mass is 310 g/mol. The topological polar surface area (TPSA) is 41.6 Å². The molecule has 1 aromatic carbocycles. The first kappa shape index (κ1) is 16.1. The zero-order valence-corrected chi connectivity index (χ0v) is 13.4. The van der Waals surface area contributed by atoms with E-state index in [0.29, 0.717) is 11.6 Å². The molecule has 5 heteroatoms. The molecule has 1 N–H and O–H groups in total. The smallest absolute Gasteiger partial charge is 0.331 e. The molecule has 0 aromatic heterocycles. The van der Waals surface area contributed by atoms with Crippen LogP contribution in [0.25, 0.3) is 0 Å². The lowest BCUT2D eigenvalue weighted by atomic mass is 9.87. The maximum Gasteiger partial charge on any atom is 0.331 e. The minimum Gasteiger partial charge on any atom is -0.464 e. The lowest BCUT2D eigenvalue weighted by Gasteiger charge is -2.40. The van der Waals surface area contributed by atoms with Gasteiger partial charge in [-0.05, 0) is 44.5 Å². The van der Waals surface area contributed by atoms with Gasteiger partial charge in [-0.1, -0.05) is 24.6 Å². The van der Waals surface area contributed by atoms with Crippen LogP contribution in [-0.2, 0) is 9.53 Å². The molecular formula is C16H23ClN2O2. The summed E-state index contributed by atoms with van der Waals surface area (Å²) in [5.74, 6) is -0.166. The SMILES string of the molecule is CCOC(=O)C1(Nc2cccc(Cl)c2)CCN(CC)CC1. The van der Waals surface area contributed by atoms with Crippen LogP contribution in [-0.4, -0.2) is 42.6 Å². The predicted octanol–water partition coefficient (Wildman–Crippen LogP) is 3.17. The van der Waals surface area contributed by atoms with Crippen molar-refractivity contribution in [2.75, 3.05) is 31.6 Å². The molecule has 0 unspecified atom stereocenters. The first-order valence-electron chi connectivity index (χ1n) is 7.53. The third-order valence-corrected chi connectivity index (χ3v) is 4.27. The van der Waals surface area contributed by atoms with Gasteiger partial charge >= 0.3 is 5.97 Å². The van der Waals surface area contributed by atoms with Crippen molar-refractivity contribution in [2.45, 2.75) is 32.2 Å². The van der Waals surface area contributed by atoms with Crippen LogP contribution in [0.2, 0.25) is 5.02 Å². The van der Waals surface area contributed by atoms with Gasteiger partial charge in [0.2, 0.25) is 0 Å². The minimum absolute atomic E-state index is 0.166. The van der Waals surface area contributed by atoms with Crippen molar-refractivity contribution in [2.24, 2.45) is 0 Å². The van der Waals surface area contributed by atoms with E-state index in [2.05, 4.69) is 17.1 Å². The number of halogens is 1. The summed E-state index contributed by atoms with van der Waals surface area (Å²) in [6.07, 6.45) is 1.48. The summed E-state index contributed by atoms with van der Waals surface area (Å²) in [4.78, 5) is 14.8. The Morgan fingerprint density at radius 1 is 1.38 bits per heavy atom. The molecule has 0 saturated carbocycles. The number of esters is 1. The van der Waals surface area contributed by atoms with Gasteiger partial charge in [-0.15, -0.1) is 0 Å². The fraction of sp³-hybridized carbons (Fsp3) is 0.562. The molecule has 21 heavy (non-hydrogen) atoms. The van der Waals surface area contributed by atoms with Gasteiger partial charge in [-0.3, -0.25) is 0 Å². The number of ether oxygens (including phenoxy) is 1. The second kappa shape index (κ2) is 7.14. The summed E-state index contributed by atoms with van der Waals surface area (Å²) in [6.45, 7) is 7.17. The molecule has 0 amide bonds. The van der Waals surface area contributed by atoms with Crippen molar-refractivity contribution >= 4 is 23.3 Å². The third-order valence-electron chi connectivity index (χ3n) is 4.03. The molecule has 116 valence electrons. The molecule has 0 atom stereocenters. The Bertz CT molecular complexity index is 485. The molecule has 1 aromatic rings. The summed E-state index contributed by atoms with van der Waals surface area (Å²) >= 11 is 6.03. The van der Waals surface area contributed by atoms with Crippen molar-refractivity contribution in [3.63, 3.8) is 0 Å². The summed E-state index contributed by atoms with van der Waals surface area (Å²) in [6, 6.07) is 7.47. The Morgan fingerprint density at radius 3 is 2.67 bits per heavy atom. The molecule has 0 radical (unpaired) electrons. The zero-order chi connectivity index (χ0) is 15.3. The van der Waals surface area contributed by atoms with Crippen molar-refractivity contribution in [3.05, 3.63) is 29.3 Å². The highest BCUT2D eigenvalue weighted by molar-refractivity contribution is 6.30. The number of carbonyl (C=O) groups excluding carboxylic acids is 1. The van der Waals surface area contributed by atoms with Crippen molar-refractivity contribution in [3.8, 4) is 0 Å². The minimum atomic E-state index is -0.646. The van der Waals surface area contributed by atoms with Gasteiger partial charge in [0.05, 0.1) is 6.61 Å². The first-order valence-corrected chi connectivity index (χ1v) is 7.91. The maximum absolute atomic E-state index is 12.5. The second-order valence-corrected chi connectivity index (χ2v) is 5.81. The average molecular weight is 311 g/mol. The average Bonchev–Trinajstić information content (AvgIpc) is 2.48. The zero-order valence-electron chi connectivity index (χ0n) is 12.7. The van der Waals surface area contributed by atoms with Gasteiger partial charge in [0.1, 0.15) is 5.54 Å². The Labute approximate surface area is 131 Å². The van der Waals surface area contributed by atoms with Crippen molar-refractivity contribution in [1.29, 1.82) is 0 Å². The Hall–Kier alpha value is -1.26. The van der Waals surface area contributed by atoms with E-state index in [-0.39, 0.29) is 5.97 Å². The Balaban J connectivity index is 2.18. The normalized spacial score (nSPS) is 18.2. The van der Waals surface area contributed by atoms with E-state index in [4.69, 9.17) is 16.3 Å². The number of carbonyl (C=O) groups is 1. The number of nitrogens with one attached hydrogen (secondary N) is 1. The molecule has 1 saturated heterocycles. The Morgan fingerprint density at radius 2 is 2.10 bits per heavy atom. The van der Waals surface area contributed by atoms with E-state index in [9.17, 15) is 4.79 Å². The van der Waals surface area contributed by atoms with Gasteiger partial charge in [-0.25, -0.2) is 4.79 Å². The highest BCUT2D eigenvalue weighted by Gasteiger charge is 2.42. The quantitative estimate of drug-likeness (QED) is 0.848. The fourth-order valence-electron chi connectivity index (χ4n) is 2.74. The third kappa shape index (κ3) is 3.89. The van der Waals surface area contributed by atoms with E-state index >= 15 is 0 Å². The lowest BCUT2D eigenvalue weighted by molar-refractivity contribution is -0.150. The highest BCUT2D eigenvalue weighted by Crippen LogP contribution is 2.29. The molecule has 0 bridgehead atoms. The molecule has 4 nitrogen and oxygen atoms in total. The largest absolute Gasteiger partial charge is 0.464 e. The van der Waals surface area contributed by atoms with E-state index in [1.54, 1.807) is 0 Å². The van der Waals surface area contributed by atoms with Crippen LogP contribution < -0.4 is 5.32 Å². The van der Waals surface area contributed by atoms with Crippen LogP contribution in [0.5, 0.6) is 0 Å². The number of likely N-dealkylation sites (tertiary alicyclic amines) is 1. The predicted molar refractivity (Wildman–Crippen MR) is 85.8 cm³/mol. The lowest BCUT2D eigenvalue weighted by Crippen LogP contribution is -2.55. The molecule has 1 heterocycles. The van der Waals surface area contributed by atoms with Gasteiger partial charge in [0.15, 0.2) is 0 Å². The van der Waals surface area contributed by atoms with Crippen LogP contribution >= 0.6 is 11.6 Å². The maximum atomic E-state index is 12.5. The second-order valence-electron chi connectivity index (χ2n) is 5.37. The van der Waals surface area contributed by atoms with Crippen LogP contribution in [0.4, 0.5) is 5.69 Å². The van der Waals surface area contributed by atoms with Crippen LogP contribution in [0.3, 0.4) is 0 Å². The Kier molecular flexibility index (Phi) is 5.48. The van der Waals surface area contributed by atoms with Crippen LogP contribution in [0, 0.1) is 0 Å². The number of hydrogen-bond acceptors (Lipinski definition) is 4. The summed E-state index contributed by atoms with van der Waals surface area (Å²) < 4.78 is 5.30. The van der Waals surface area contributed by atoms with Crippen LogP contribution in [0.1, 0.15) is 26.7 Å². The van der Waals surface area contributed by atoms with Gasteiger partial charge in [0.25, 0.3) is 0 Å². The number of hydrogen-bond donors (Lipinski definition) is 1. The number of nitrogens with zero attached hydrogens (tertiary/aromatic N) is 1. The fourth-order valence-corrected chi connectivity index (χ4v) is 2.93.